The highest BCUT2D eigenvalue weighted by atomic mass is 16.5. The summed E-state index contributed by atoms with van der Waals surface area (Å²) in [5.74, 6) is 0.722. The van der Waals surface area contributed by atoms with Crippen LogP contribution in [0.25, 0.3) is 11.0 Å². The summed E-state index contributed by atoms with van der Waals surface area (Å²) in [5.41, 5.74) is 2.13. The molecule has 0 saturated heterocycles. The summed E-state index contributed by atoms with van der Waals surface area (Å²) in [6, 6.07) is 17.0. The van der Waals surface area contributed by atoms with Crippen LogP contribution in [0.1, 0.15) is 31.2 Å². The van der Waals surface area contributed by atoms with Gasteiger partial charge in [-0.05, 0) is 55.8 Å². The van der Waals surface area contributed by atoms with Gasteiger partial charge in [-0.25, -0.2) is 4.68 Å². The van der Waals surface area contributed by atoms with E-state index in [1.54, 1.807) is 59.4 Å². The minimum absolute atomic E-state index is 0.0448. The molecule has 0 radical (unpaired) electrons. The van der Waals surface area contributed by atoms with Crippen molar-refractivity contribution in [2.45, 2.75) is 39.0 Å². The predicted octanol–water partition coefficient (Wildman–Crippen LogP) is 3.33. The number of hydrogen-bond donors (Lipinski definition) is 1. The third-order valence-electron chi connectivity index (χ3n) is 5.52. The van der Waals surface area contributed by atoms with E-state index in [0.29, 0.717) is 22.6 Å². The first kappa shape index (κ1) is 23.0. The molecule has 0 aliphatic heterocycles. The SMILES string of the molecule is COc1ccc(C(C(=O)NCc2ccco2)N(C(=O)Cn2nnc3ccccc32)C(C)C)cc1. The van der Waals surface area contributed by atoms with Crippen molar-refractivity contribution in [2.75, 3.05) is 7.11 Å². The topological polar surface area (TPSA) is 102 Å². The van der Waals surface area contributed by atoms with Gasteiger partial charge in [-0.1, -0.05) is 29.5 Å². The second-order valence-electron chi connectivity index (χ2n) is 8.10. The van der Waals surface area contributed by atoms with E-state index in [2.05, 4.69) is 15.6 Å². The summed E-state index contributed by atoms with van der Waals surface area (Å²) in [6.45, 7) is 3.94. The Hall–Kier alpha value is -4.14. The third kappa shape index (κ3) is 4.93. The molecule has 0 saturated carbocycles. The van der Waals surface area contributed by atoms with Crippen LogP contribution in [0.15, 0.2) is 71.3 Å². The normalized spacial score (nSPS) is 12.0. The summed E-state index contributed by atoms with van der Waals surface area (Å²) in [4.78, 5) is 28.6. The maximum absolute atomic E-state index is 13.6. The summed E-state index contributed by atoms with van der Waals surface area (Å²) in [7, 11) is 1.58. The number of para-hydroxylation sites is 1. The van der Waals surface area contributed by atoms with Gasteiger partial charge in [0.1, 0.15) is 29.6 Å². The first-order valence-corrected chi connectivity index (χ1v) is 11.0. The number of carbonyl (C=O) groups excluding carboxylic acids is 2. The number of nitrogens with zero attached hydrogens (tertiary/aromatic N) is 4. The Morgan fingerprint density at radius 3 is 2.53 bits per heavy atom. The van der Waals surface area contributed by atoms with Gasteiger partial charge in [0.2, 0.25) is 11.8 Å². The molecule has 0 fully saturated rings. The third-order valence-corrected chi connectivity index (χ3v) is 5.52. The molecule has 2 heterocycles. The molecule has 1 N–H and O–H groups in total. The number of benzene rings is 2. The first-order chi connectivity index (χ1) is 16.5. The zero-order chi connectivity index (χ0) is 24.1. The number of amides is 2. The number of nitrogens with one attached hydrogen (secondary N) is 1. The Kier molecular flexibility index (Phi) is 6.91. The fourth-order valence-corrected chi connectivity index (χ4v) is 3.88. The minimum atomic E-state index is -0.858. The van der Waals surface area contributed by atoms with Gasteiger partial charge >= 0.3 is 0 Å². The second kappa shape index (κ2) is 10.2. The van der Waals surface area contributed by atoms with E-state index in [1.807, 2.05) is 38.1 Å². The average molecular weight is 462 g/mol. The van der Waals surface area contributed by atoms with Crippen LogP contribution in [-0.4, -0.2) is 44.9 Å². The highest BCUT2D eigenvalue weighted by molar-refractivity contribution is 5.89. The summed E-state index contributed by atoms with van der Waals surface area (Å²) >= 11 is 0. The van der Waals surface area contributed by atoms with Crippen LogP contribution in [0.5, 0.6) is 5.75 Å². The van der Waals surface area contributed by atoms with Crippen molar-refractivity contribution in [3.8, 4) is 5.75 Å². The average Bonchev–Trinajstić information content (AvgIpc) is 3.51. The molecule has 1 atom stereocenters. The zero-order valence-corrected chi connectivity index (χ0v) is 19.3. The van der Waals surface area contributed by atoms with Crippen molar-refractivity contribution in [1.29, 1.82) is 0 Å². The molecule has 2 aromatic heterocycles. The Morgan fingerprint density at radius 1 is 1.09 bits per heavy atom. The molecule has 4 aromatic rings. The van der Waals surface area contributed by atoms with Gasteiger partial charge < -0.3 is 19.4 Å². The Morgan fingerprint density at radius 2 is 1.85 bits per heavy atom. The van der Waals surface area contributed by atoms with Crippen LogP contribution in [-0.2, 0) is 22.7 Å². The molecular weight excluding hydrogens is 434 g/mol. The van der Waals surface area contributed by atoms with E-state index in [4.69, 9.17) is 9.15 Å². The molecule has 2 amide bonds. The van der Waals surface area contributed by atoms with Crippen LogP contribution >= 0.6 is 0 Å². The first-order valence-electron chi connectivity index (χ1n) is 11.0. The van der Waals surface area contributed by atoms with Crippen LogP contribution in [0.3, 0.4) is 0 Å². The summed E-state index contributed by atoms with van der Waals surface area (Å²) in [5, 5.41) is 11.2. The smallest absolute Gasteiger partial charge is 0.247 e. The van der Waals surface area contributed by atoms with Crippen LogP contribution in [0.4, 0.5) is 0 Å². The highest BCUT2D eigenvalue weighted by Crippen LogP contribution is 2.27. The highest BCUT2D eigenvalue weighted by Gasteiger charge is 2.33. The van der Waals surface area contributed by atoms with Gasteiger partial charge in [-0.15, -0.1) is 5.10 Å². The van der Waals surface area contributed by atoms with Crippen molar-refractivity contribution in [2.24, 2.45) is 0 Å². The van der Waals surface area contributed by atoms with E-state index in [9.17, 15) is 9.59 Å². The van der Waals surface area contributed by atoms with E-state index < -0.39 is 6.04 Å². The van der Waals surface area contributed by atoms with Gasteiger partial charge in [0.25, 0.3) is 0 Å². The number of furan rings is 1. The molecule has 9 heteroatoms. The monoisotopic (exact) mass is 461 g/mol. The number of hydrogen-bond acceptors (Lipinski definition) is 6. The van der Waals surface area contributed by atoms with Crippen molar-refractivity contribution in [3.63, 3.8) is 0 Å². The van der Waals surface area contributed by atoms with E-state index in [-0.39, 0.29) is 30.9 Å². The standard InChI is InChI=1S/C25H27N5O4/c1-17(2)30(23(31)16-29-22-9-5-4-8-21(22)27-28-29)24(18-10-12-19(33-3)13-11-18)25(32)26-15-20-7-6-14-34-20/h4-14,17,24H,15-16H2,1-3H3,(H,26,32). The Balaban J connectivity index is 1.64. The molecular formula is C25H27N5O4. The number of ether oxygens (including phenoxy) is 1. The lowest BCUT2D eigenvalue weighted by molar-refractivity contribution is -0.143. The fourth-order valence-electron chi connectivity index (χ4n) is 3.88. The van der Waals surface area contributed by atoms with Gasteiger partial charge in [-0.3, -0.25) is 9.59 Å². The van der Waals surface area contributed by atoms with Gasteiger partial charge in [0.15, 0.2) is 0 Å². The Labute approximate surface area is 197 Å². The molecule has 2 aromatic carbocycles. The lowest BCUT2D eigenvalue weighted by Gasteiger charge is -2.34. The molecule has 4 rings (SSSR count). The minimum Gasteiger partial charge on any atom is -0.497 e. The number of rotatable bonds is 9. The number of fused-ring (bicyclic) bond motifs is 1. The van der Waals surface area contributed by atoms with Crippen molar-refractivity contribution in [1.82, 2.24) is 25.2 Å². The second-order valence-corrected chi connectivity index (χ2v) is 8.10. The predicted molar refractivity (Wildman–Crippen MR) is 126 cm³/mol. The molecule has 0 aliphatic rings. The van der Waals surface area contributed by atoms with Crippen LogP contribution in [0.2, 0.25) is 0 Å². The largest absolute Gasteiger partial charge is 0.497 e. The number of methoxy groups -OCH3 is 1. The van der Waals surface area contributed by atoms with E-state index in [1.165, 1.54) is 0 Å². The molecule has 0 spiro atoms. The van der Waals surface area contributed by atoms with Gasteiger partial charge in [0, 0.05) is 6.04 Å². The maximum Gasteiger partial charge on any atom is 0.247 e. The van der Waals surface area contributed by atoms with Crippen LogP contribution < -0.4 is 10.1 Å². The molecule has 1 unspecified atom stereocenters. The summed E-state index contributed by atoms with van der Waals surface area (Å²) in [6.07, 6.45) is 1.55. The maximum atomic E-state index is 13.6. The molecule has 34 heavy (non-hydrogen) atoms. The fraction of sp³-hybridized carbons (Fsp3) is 0.280. The van der Waals surface area contributed by atoms with Crippen molar-refractivity contribution < 1.29 is 18.7 Å². The zero-order valence-electron chi connectivity index (χ0n) is 19.3. The lowest BCUT2D eigenvalue weighted by Crippen LogP contribution is -2.48. The van der Waals surface area contributed by atoms with E-state index >= 15 is 0 Å². The van der Waals surface area contributed by atoms with Crippen LogP contribution in [0, 0.1) is 0 Å². The van der Waals surface area contributed by atoms with Crippen molar-refractivity contribution in [3.05, 3.63) is 78.3 Å². The molecule has 9 nitrogen and oxygen atoms in total. The molecule has 0 aliphatic carbocycles. The molecule has 0 bridgehead atoms. The number of carbonyl (C=O) groups is 2. The summed E-state index contributed by atoms with van der Waals surface area (Å²) < 4.78 is 12.2. The van der Waals surface area contributed by atoms with Crippen molar-refractivity contribution >= 4 is 22.8 Å². The van der Waals surface area contributed by atoms with Gasteiger partial charge in [0.05, 0.1) is 25.4 Å². The van der Waals surface area contributed by atoms with E-state index in [0.717, 1.165) is 5.52 Å². The Bertz CT molecular complexity index is 1250. The van der Waals surface area contributed by atoms with Gasteiger partial charge in [-0.2, -0.15) is 0 Å². The number of aromatic nitrogens is 3. The molecule has 176 valence electrons. The quantitative estimate of drug-likeness (QED) is 0.410. The lowest BCUT2D eigenvalue weighted by atomic mass is 10.0.